The second-order valence-corrected chi connectivity index (χ2v) is 7.29. The predicted molar refractivity (Wildman–Crippen MR) is 79.1 cm³/mol. The summed E-state index contributed by atoms with van der Waals surface area (Å²) in [5.74, 6) is 0.496. The fraction of sp³-hybridized carbons (Fsp3) is 0.231. The van der Waals surface area contributed by atoms with Crippen LogP contribution >= 0.6 is 11.8 Å². The van der Waals surface area contributed by atoms with Crippen molar-refractivity contribution in [1.82, 2.24) is 9.97 Å². The normalized spacial score (nSPS) is 11.4. The minimum absolute atomic E-state index is 0.0578. The Hall–Kier alpha value is -1.44. The van der Waals surface area contributed by atoms with Crippen molar-refractivity contribution in [3.63, 3.8) is 0 Å². The van der Waals surface area contributed by atoms with E-state index >= 15 is 0 Å². The summed E-state index contributed by atoms with van der Waals surface area (Å²) in [6, 6.07) is 6.75. The van der Waals surface area contributed by atoms with Gasteiger partial charge in [-0.05, 0) is 17.7 Å². The summed E-state index contributed by atoms with van der Waals surface area (Å²) in [5.41, 5.74) is 6.34. The molecule has 0 unspecified atom stereocenters. The molecule has 7 heteroatoms. The number of hydrogen-bond donors (Lipinski definition) is 1. The first-order chi connectivity index (χ1) is 9.62. The first kappa shape index (κ1) is 15.0. The van der Waals surface area contributed by atoms with Crippen LogP contribution < -0.4 is 5.73 Å². The standard InChI is InChI=1S/C13H15N3O2S2/c14-9-11-2-1-3-12(8-11)20(17,18)7-6-19-13-10-15-4-5-16-13/h1-5,8,10H,6-7,9,14H2. The molecule has 0 bridgehead atoms. The van der Waals surface area contributed by atoms with E-state index in [-0.39, 0.29) is 5.75 Å². The van der Waals surface area contributed by atoms with Crippen molar-refractivity contribution < 1.29 is 8.42 Å². The number of nitrogens with two attached hydrogens (primary N) is 1. The first-order valence-corrected chi connectivity index (χ1v) is 8.66. The van der Waals surface area contributed by atoms with E-state index in [1.807, 2.05) is 6.07 Å². The molecule has 1 aromatic heterocycles. The van der Waals surface area contributed by atoms with Crippen LogP contribution in [0.15, 0.2) is 52.8 Å². The maximum atomic E-state index is 12.2. The zero-order valence-electron chi connectivity index (χ0n) is 10.8. The zero-order chi connectivity index (χ0) is 14.4. The van der Waals surface area contributed by atoms with Gasteiger partial charge in [-0.1, -0.05) is 12.1 Å². The van der Waals surface area contributed by atoms with Crippen LogP contribution in [-0.2, 0) is 16.4 Å². The van der Waals surface area contributed by atoms with Crippen molar-refractivity contribution in [2.45, 2.75) is 16.5 Å². The number of benzene rings is 1. The Bertz CT molecular complexity index is 660. The lowest BCUT2D eigenvalue weighted by Crippen LogP contribution is -2.10. The largest absolute Gasteiger partial charge is 0.326 e. The summed E-state index contributed by atoms with van der Waals surface area (Å²) in [5, 5.41) is 0.721. The van der Waals surface area contributed by atoms with Crippen LogP contribution in [-0.4, -0.2) is 29.9 Å². The highest BCUT2D eigenvalue weighted by Crippen LogP contribution is 2.18. The summed E-state index contributed by atoms with van der Waals surface area (Å²) in [7, 11) is -3.29. The molecular formula is C13H15N3O2S2. The lowest BCUT2D eigenvalue weighted by atomic mass is 10.2. The molecule has 0 atom stereocenters. The Balaban J connectivity index is 2.00. The molecule has 0 aliphatic carbocycles. The number of sulfone groups is 1. The Morgan fingerprint density at radius 3 is 2.80 bits per heavy atom. The van der Waals surface area contributed by atoms with Gasteiger partial charge in [-0.3, -0.25) is 4.98 Å². The lowest BCUT2D eigenvalue weighted by molar-refractivity contribution is 0.597. The fourth-order valence-corrected chi connectivity index (χ4v) is 4.14. The predicted octanol–water partition coefficient (Wildman–Crippen LogP) is 1.50. The van der Waals surface area contributed by atoms with Gasteiger partial charge >= 0.3 is 0 Å². The molecule has 2 aromatic rings. The van der Waals surface area contributed by atoms with Gasteiger partial charge in [0.2, 0.25) is 0 Å². The van der Waals surface area contributed by atoms with Gasteiger partial charge in [0, 0.05) is 24.7 Å². The number of nitrogens with zero attached hydrogens (tertiary/aromatic N) is 2. The Labute approximate surface area is 122 Å². The van der Waals surface area contributed by atoms with Gasteiger partial charge in [0.25, 0.3) is 0 Å². The summed E-state index contributed by atoms with van der Waals surface area (Å²) in [6.07, 6.45) is 4.78. The Kier molecular flexibility index (Phi) is 5.11. The molecule has 0 spiro atoms. The SMILES string of the molecule is NCc1cccc(S(=O)(=O)CCSc2cnccn2)c1. The molecule has 0 aliphatic rings. The quantitative estimate of drug-likeness (QED) is 0.814. The average Bonchev–Trinajstić information content (AvgIpc) is 2.48. The summed E-state index contributed by atoms with van der Waals surface area (Å²) >= 11 is 1.37. The zero-order valence-corrected chi connectivity index (χ0v) is 12.4. The first-order valence-electron chi connectivity index (χ1n) is 6.02. The van der Waals surface area contributed by atoms with Crippen LogP contribution in [0.4, 0.5) is 0 Å². The Morgan fingerprint density at radius 1 is 1.25 bits per heavy atom. The summed E-state index contributed by atoms with van der Waals surface area (Å²) in [4.78, 5) is 8.34. The maximum absolute atomic E-state index is 12.2. The molecule has 2 rings (SSSR count). The molecule has 0 aliphatic heterocycles. The van der Waals surface area contributed by atoms with Crippen molar-refractivity contribution in [3.8, 4) is 0 Å². The minimum atomic E-state index is -3.29. The van der Waals surface area contributed by atoms with Crippen molar-refractivity contribution >= 4 is 21.6 Å². The molecule has 20 heavy (non-hydrogen) atoms. The van der Waals surface area contributed by atoms with Crippen LogP contribution in [0.1, 0.15) is 5.56 Å². The lowest BCUT2D eigenvalue weighted by Gasteiger charge is -2.05. The third-order valence-corrected chi connectivity index (χ3v) is 5.52. The fourth-order valence-electron chi connectivity index (χ4n) is 1.60. The van der Waals surface area contributed by atoms with Crippen LogP contribution in [0, 0.1) is 0 Å². The van der Waals surface area contributed by atoms with Gasteiger partial charge in [0.05, 0.1) is 16.8 Å². The van der Waals surface area contributed by atoms with Crippen LogP contribution in [0.5, 0.6) is 0 Å². The van der Waals surface area contributed by atoms with E-state index in [2.05, 4.69) is 9.97 Å². The van der Waals surface area contributed by atoms with Gasteiger partial charge in [0.15, 0.2) is 9.84 Å². The third kappa shape index (κ3) is 4.03. The van der Waals surface area contributed by atoms with Crippen LogP contribution in [0.3, 0.4) is 0 Å². The molecule has 0 radical (unpaired) electrons. The Morgan fingerprint density at radius 2 is 2.10 bits per heavy atom. The van der Waals surface area contributed by atoms with E-state index in [1.54, 1.807) is 36.8 Å². The molecule has 2 N–H and O–H groups in total. The number of thioether (sulfide) groups is 1. The average molecular weight is 309 g/mol. The van der Waals surface area contributed by atoms with E-state index in [0.29, 0.717) is 17.2 Å². The van der Waals surface area contributed by atoms with Gasteiger partial charge in [-0.2, -0.15) is 0 Å². The highest BCUT2D eigenvalue weighted by molar-refractivity contribution is 8.00. The molecule has 106 valence electrons. The molecule has 0 amide bonds. The number of aromatic nitrogens is 2. The van der Waals surface area contributed by atoms with Crippen molar-refractivity contribution in [1.29, 1.82) is 0 Å². The van der Waals surface area contributed by atoms with E-state index in [9.17, 15) is 8.42 Å². The van der Waals surface area contributed by atoms with Crippen molar-refractivity contribution in [3.05, 3.63) is 48.4 Å². The summed E-state index contributed by atoms with van der Waals surface area (Å²) in [6.45, 7) is 0.331. The van der Waals surface area contributed by atoms with E-state index in [0.717, 1.165) is 10.6 Å². The number of rotatable bonds is 6. The summed E-state index contributed by atoms with van der Waals surface area (Å²) < 4.78 is 24.4. The molecule has 0 saturated carbocycles. The second kappa shape index (κ2) is 6.83. The van der Waals surface area contributed by atoms with Crippen LogP contribution in [0.2, 0.25) is 0 Å². The minimum Gasteiger partial charge on any atom is -0.326 e. The number of hydrogen-bond acceptors (Lipinski definition) is 6. The monoisotopic (exact) mass is 309 g/mol. The smallest absolute Gasteiger partial charge is 0.179 e. The molecule has 0 fully saturated rings. The topological polar surface area (TPSA) is 85.9 Å². The van der Waals surface area contributed by atoms with E-state index in [1.165, 1.54) is 11.8 Å². The van der Waals surface area contributed by atoms with Crippen LogP contribution in [0.25, 0.3) is 0 Å². The molecule has 5 nitrogen and oxygen atoms in total. The highest BCUT2D eigenvalue weighted by atomic mass is 32.2. The molecule has 1 aromatic carbocycles. The molecular weight excluding hydrogens is 294 g/mol. The molecule has 1 heterocycles. The van der Waals surface area contributed by atoms with Gasteiger partial charge in [-0.25, -0.2) is 13.4 Å². The second-order valence-electron chi connectivity index (χ2n) is 4.06. The van der Waals surface area contributed by atoms with Crippen molar-refractivity contribution in [2.24, 2.45) is 5.73 Å². The third-order valence-electron chi connectivity index (χ3n) is 2.63. The van der Waals surface area contributed by atoms with Gasteiger partial charge in [0.1, 0.15) is 5.03 Å². The van der Waals surface area contributed by atoms with Gasteiger partial charge < -0.3 is 5.73 Å². The maximum Gasteiger partial charge on any atom is 0.179 e. The van der Waals surface area contributed by atoms with E-state index < -0.39 is 9.84 Å². The van der Waals surface area contributed by atoms with E-state index in [4.69, 9.17) is 5.73 Å². The van der Waals surface area contributed by atoms with Gasteiger partial charge in [-0.15, -0.1) is 11.8 Å². The highest BCUT2D eigenvalue weighted by Gasteiger charge is 2.14. The molecule has 0 saturated heterocycles. The van der Waals surface area contributed by atoms with Crippen molar-refractivity contribution in [2.75, 3.05) is 11.5 Å².